The summed E-state index contributed by atoms with van der Waals surface area (Å²) in [6, 6.07) is 14.2. The van der Waals surface area contributed by atoms with E-state index in [2.05, 4.69) is 16.0 Å². The number of nitrogens with one attached hydrogen (secondary N) is 3. The quantitative estimate of drug-likeness (QED) is 0.547. The van der Waals surface area contributed by atoms with Crippen molar-refractivity contribution < 1.29 is 9.72 Å². The highest BCUT2D eigenvalue weighted by molar-refractivity contribution is 5.96. The number of nitro groups is 1. The first-order valence-corrected chi connectivity index (χ1v) is 8.71. The van der Waals surface area contributed by atoms with Gasteiger partial charge in [0, 0.05) is 30.8 Å². The second kappa shape index (κ2) is 8.44. The number of nitrogens with zero attached hydrogens (tertiary/aromatic N) is 1. The minimum atomic E-state index is -0.466. The second-order valence-electron chi connectivity index (χ2n) is 6.34. The maximum Gasteiger partial charge on any atom is 0.293 e. The first kappa shape index (κ1) is 17.9. The van der Waals surface area contributed by atoms with Crippen LogP contribution in [0.5, 0.6) is 0 Å². The van der Waals surface area contributed by atoms with Crippen molar-refractivity contribution >= 4 is 17.3 Å². The molecule has 1 fully saturated rings. The fraction of sp³-hybridized carbons (Fsp3) is 0.316. The standard InChI is InChI=1S/C19H22N4O3/c24-19(22-16-7-4-10-20-13-16)15-8-9-17(18(11-15)23(25)26)21-12-14-5-2-1-3-6-14/h1-3,5-6,8-9,11,16,20-21H,4,7,10,12-13H2,(H,22,24). The lowest BCUT2D eigenvalue weighted by Gasteiger charge is -2.23. The molecular weight excluding hydrogens is 332 g/mol. The van der Waals surface area contributed by atoms with Crippen LogP contribution in [0.4, 0.5) is 11.4 Å². The number of hydrogen-bond donors (Lipinski definition) is 3. The van der Waals surface area contributed by atoms with Crippen molar-refractivity contribution in [3.8, 4) is 0 Å². The molecular formula is C19H22N4O3. The average molecular weight is 354 g/mol. The zero-order valence-electron chi connectivity index (χ0n) is 14.4. The third kappa shape index (κ3) is 4.58. The number of nitro benzene ring substituents is 1. The molecule has 1 aliphatic rings. The van der Waals surface area contributed by atoms with Gasteiger partial charge in [-0.3, -0.25) is 14.9 Å². The van der Waals surface area contributed by atoms with Crippen molar-refractivity contribution in [1.29, 1.82) is 0 Å². The molecule has 0 aromatic heterocycles. The Kier molecular flexibility index (Phi) is 5.80. The number of carbonyl (C=O) groups is 1. The smallest absolute Gasteiger partial charge is 0.293 e. The molecule has 0 saturated carbocycles. The Hall–Kier alpha value is -2.93. The zero-order valence-corrected chi connectivity index (χ0v) is 14.4. The summed E-state index contributed by atoms with van der Waals surface area (Å²) >= 11 is 0. The third-order valence-electron chi connectivity index (χ3n) is 4.41. The molecule has 7 nitrogen and oxygen atoms in total. The summed E-state index contributed by atoms with van der Waals surface area (Å²) in [5, 5.41) is 20.7. The van der Waals surface area contributed by atoms with E-state index in [9.17, 15) is 14.9 Å². The fourth-order valence-corrected chi connectivity index (χ4v) is 3.01. The van der Waals surface area contributed by atoms with Gasteiger partial charge < -0.3 is 16.0 Å². The molecule has 1 aliphatic heterocycles. The lowest BCUT2D eigenvalue weighted by molar-refractivity contribution is -0.384. The van der Waals surface area contributed by atoms with Gasteiger partial charge in [0.2, 0.25) is 0 Å². The molecule has 1 heterocycles. The van der Waals surface area contributed by atoms with Crippen LogP contribution < -0.4 is 16.0 Å². The molecule has 0 aliphatic carbocycles. The van der Waals surface area contributed by atoms with Crippen LogP contribution >= 0.6 is 0 Å². The lowest BCUT2D eigenvalue weighted by Crippen LogP contribution is -2.45. The normalized spacial score (nSPS) is 16.7. The Morgan fingerprint density at radius 2 is 2.04 bits per heavy atom. The summed E-state index contributed by atoms with van der Waals surface area (Å²) in [4.78, 5) is 23.4. The Bertz CT molecular complexity index is 774. The Morgan fingerprint density at radius 1 is 1.23 bits per heavy atom. The molecule has 0 bridgehead atoms. The molecule has 0 radical (unpaired) electrons. The van der Waals surface area contributed by atoms with Crippen LogP contribution in [-0.4, -0.2) is 30.0 Å². The molecule has 1 amide bonds. The molecule has 2 aromatic rings. The van der Waals surface area contributed by atoms with Gasteiger partial charge in [-0.25, -0.2) is 0 Å². The van der Waals surface area contributed by atoms with Crippen LogP contribution in [0.2, 0.25) is 0 Å². The van der Waals surface area contributed by atoms with Crippen molar-refractivity contribution in [2.75, 3.05) is 18.4 Å². The summed E-state index contributed by atoms with van der Waals surface area (Å²) in [6.45, 7) is 2.16. The van der Waals surface area contributed by atoms with E-state index in [4.69, 9.17) is 0 Å². The molecule has 0 spiro atoms. The van der Waals surface area contributed by atoms with Crippen LogP contribution in [0.15, 0.2) is 48.5 Å². The predicted molar refractivity (Wildman–Crippen MR) is 100 cm³/mol. The van der Waals surface area contributed by atoms with E-state index in [0.717, 1.165) is 31.5 Å². The monoisotopic (exact) mass is 354 g/mol. The van der Waals surface area contributed by atoms with Crippen LogP contribution in [0.3, 0.4) is 0 Å². The summed E-state index contributed by atoms with van der Waals surface area (Å²) in [7, 11) is 0. The first-order valence-electron chi connectivity index (χ1n) is 8.71. The number of benzene rings is 2. The SMILES string of the molecule is O=C(NC1CCCNC1)c1ccc(NCc2ccccc2)c([N+](=O)[O-])c1. The molecule has 26 heavy (non-hydrogen) atoms. The van der Waals surface area contributed by atoms with E-state index in [1.807, 2.05) is 30.3 Å². The molecule has 136 valence electrons. The highest BCUT2D eigenvalue weighted by atomic mass is 16.6. The van der Waals surface area contributed by atoms with E-state index in [1.165, 1.54) is 6.07 Å². The molecule has 2 aromatic carbocycles. The molecule has 7 heteroatoms. The topological polar surface area (TPSA) is 96.3 Å². The van der Waals surface area contributed by atoms with Crippen LogP contribution in [-0.2, 0) is 6.54 Å². The number of rotatable bonds is 6. The van der Waals surface area contributed by atoms with E-state index in [1.54, 1.807) is 12.1 Å². The van der Waals surface area contributed by atoms with Gasteiger partial charge in [0.1, 0.15) is 5.69 Å². The summed E-state index contributed by atoms with van der Waals surface area (Å²) in [5.74, 6) is -0.281. The minimum absolute atomic E-state index is 0.0613. The van der Waals surface area contributed by atoms with Crippen LogP contribution in [0, 0.1) is 10.1 Å². The highest BCUT2D eigenvalue weighted by Gasteiger charge is 2.20. The maximum atomic E-state index is 12.4. The third-order valence-corrected chi connectivity index (χ3v) is 4.41. The number of amides is 1. The van der Waals surface area contributed by atoms with Crippen LogP contribution in [0.25, 0.3) is 0 Å². The van der Waals surface area contributed by atoms with Crippen molar-refractivity contribution in [2.45, 2.75) is 25.4 Å². The van der Waals surface area contributed by atoms with Gasteiger partial charge in [-0.1, -0.05) is 30.3 Å². The lowest BCUT2D eigenvalue weighted by atomic mass is 10.1. The summed E-state index contributed by atoms with van der Waals surface area (Å²) in [5.41, 5.74) is 1.62. The second-order valence-corrected chi connectivity index (χ2v) is 6.34. The average Bonchev–Trinajstić information content (AvgIpc) is 2.67. The van der Waals surface area contributed by atoms with Gasteiger partial charge in [0.25, 0.3) is 11.6 Å². The molecule has 1 unspecified atom stereocenters. The van der Waals surface area contributed by atoms with Crippen molar-refractivity contribution in [3.05, 3.63) is 69.8 Å². The van der Waals surface area contributed by atoms with Crippen molar-refractivity contribution in [3.63, 3.8) is 0 Å². The number of carbonyl (C=O) groups excluding carboxylic acids is 1. The Labute approximate surface area is 152 Å². The van der Waals surface area contributed by atoms with Gasteiger partial charge in [-0.05, 0) is 37.1 Å². The highest BCUT2D eigenvalue weighted by Crippen LogP contribution is 2.26. The number of piperidine rings is 1. The van der Waals surface area contributed by atoms with Crippen molar-refractivity contribution in [2.24, 2.45) is 0 Å². The fourth-order valence-electron chi connectivity index (χ4n) is 3.01. The van der Waals surface area contributed by atoms with Gasteiger partial charge in [-0.15, -0.1) is 0 Å². The largest absolute Gasteiger partial charge is 0.375 e. The maximum absolute atomic E-state index is 12.4. The zero-order chi connectivity index (χ0) is 18.4. The van der Waals surface area contributed by atoms with Gasteiger partial charge >= 0.3 is 0 Å². The number of anilines is 1. The van der Waals surface area contributed by atoms with E-state index in [0.29, 0.717) is 17.8 Å². The predicted octanol–water partition coefficient (Wildman–Crippen LogP) is 2.69. The minimum Gasteiger partial charge on any atom is -0.375 e. The van der Waals surface area contributed by atoms with E-state index >= 15 is 0 Å². The Morgan fingerprint density at radius 3 is 2.73 bits per heavy atom. The molecule has 1 atom stereocenters. The summed E-state index contributed by atoms with van der Waals surface area (Å²) in [6.07, 6.45) is 1.92. The molecule has 1 saturated heterocycles. The van der Waals surface area contributed by atoms with E-state index < -0.39 is 4.92 Å². The van der Waals surface area contributed by atoms with Gasteiger partial charge in [0.05, 0.1) is 4.92 Å². The Balaban J connectivity index is 1.71. The molecule has 3 rings (SSSR count). The first-order chi connectivity index (χ1) is 12.6. The van der Waals surface area contributed by atoms with E-state index in [-0.39, 0.29) is 17.6 Å². The van der Waals surface area contributed by atoms with Crippen LogP contribution in [0.1, 0.15) is 28.8 Å². The summed E-state index contributed by atoms with van der Waals surface area (Å²) < 4.78 is 0. The molecule has 3 N–H and O–H groups in total. The van der Waals surface area contributed by atoms with Gasteiger partial charge in [-0.2, -0.15) is 0 Å². The number of hydrogen-bond acceptors (Lipinski definition) is 5. The van der Waals surface area contributed by atoms with Gasteiger partial charge in [0.15, 0.2) is 0 Å². The van der Waals surface area contributed by atoms with Crippen molar-refractivity contribution in [1.82, 2.24) is 10.6 Å².